The highest BCUT2D eigenvalue weighted by Gasteiger charge is 2.27. The van der Waals surface area contributed by atoms with E-state index >= 15 is 0 Å². The first-order chi connectivity index (χ1) is 7.74. The summed E-state index contributed by atoms with van der Waals surface area (Å²) in [4.78, 5) is 11.4. The highest BCUT2D eigenvalue weighted by molar-refractivity contribution is 5.94. The lowest BCUT2D eigenvalue weighted by molar-refractivity contribution is -0.117. The van der Waals surface area contributed by atoms with Gasteiger partial charge in [0, 0.05) is 17.5 Å². The van der Waals surface area contributed by atoms with Crippen LogP contribution in [0.2, 0.25) is 0 Å². The standard InChI is InChI=1S/C13H13NO2/c15-12-8-11(9-12)14-13(16)7-6-10-4-2-1-3-5-10/h1-5,11-12,15H,8-9H2,(H,14,16). The van der Waals surface area contributed by atoms with Crippen molar-refractivity contribution in [2.45, 2.75) is 25.0 Å². The monoisotopic (exact) mass is 215 g/mol. The Bertz CT molecular complexity index is 424. The van der Waals surface area contributed by atoms with Crippen LogP contribution in [0.5, 0.6) is 0 Å². The molecule has 0 bridgehead atoms. The number of rotatable bonds is 1. The average molecular weight is 215 g/mol. The van der Waals surface area contributed by atoms with E-state index in [1.54, 1.807) is 0 Å². The molecule has 1 amide bonds. The zero-order chi connectivity index (χ0) is 11.4. The number of hydrogen-bond donors (Lipinski definition) is 2. The van der Waals surface area contributed by atoms with Gasteiger partial charge in [-0.05, 0) is 25.0 Å². The normalized spacial score (nSPS) is 22.6. The van der Waals surface area contributed by atoms with E-state index in [0.29, 0.717) is 12.8 Å². The van der Waals surface area contributed by atoms with Crippen LogP contribution >= 0.6 is 0 Å². The fourth-order valence-electron chi connectivity index (χ4n) is 1.58. The molecule has 1 aromatic carbocycles. The summed E-state index contributed by atoms with van der Waals surface area (Å²) in [5.41, 5.74) is 0.825. The molecule has 0 aliphatic heterocycles. The van der Waals surface area contributed by atoms with Gasteiger partial charge >= 0.3 is 0 Å². The number of benzene rings is 1. The van der Waals surface area contributed by atoms with Crippen molar-refractivity contribution in [3.8, 4) is 11.8 Å². The summed E-state index contributed by atoms with van der Waals surface area (Å²) < 4.78 is 0. The predicted molar refractivity (Wildman–Crippen MR) is 60.5 cm³/mol. The van der Waals surface area contributed by atoms with Crippen LogP contribution < -0.4 is 5.32 Å². The Morgan fingerprint density at radius 3 is 2.62 bits per heavy atom. The zero-order valence-electron chi connectivity index (χ0n) is 8.81. The van der Waals surface area contributed by atoms with E-state index < -0.39 is 0 Å². The molecule has 2 rings (SSSR count). The van der Waals surface area contributed by atoms with Crippen LogP contribution in [0.15, 0.2) is 30.3 Å². The number of carbonyl (C=O) groups excluding carboxylic acids is 1. The van der Waals surface area contributed by atoms with Crippen LogP contribution in [0.1, 0.15) is 18.4 Å². The van der Waals surface area contributed by atoms with Gasteiger partial charge < -0.3 is 10.4 Å². The molecule has 3 nitrogen and oxygen atoms in total. The largest absolute Gasteiger partial charge is 0.393 e. The second-order valence-corrected chi connectivity index (χ2v) is 3.91. The Balaban J connectivity index is 1.86. The third kappa shape index (κ3) is 2.85. The second kappa shape index (κ2) is 4.82. The number of hydrogen-bond acceptors (Lipinski definition) is 2. The molecule has 0 atom stereocenters. The highest BCUT2D eigenvalue weighted by atomic mass is 16.3. The maximum absolute atomic E-state index is 11.4. The first-order valence-corrected chi connectivity index (χ1v) is 5.29. The fraction of sp³-hybridized carbons (Fsp3) is 0.308. The molecule has 82 valence electrons. The van der Waals surface area contributed by atoms with E-state index in [4.69, 9.17) is 5.11 Å². The molecule has 1 fully saturated rings. The second-order valence-electron chi connectivity index (χ2n) is 3.91. The van der Waals surface area contributed by atoms with Gasteiger partial charge in [0.2, 0.25) is 0 Å². The third-order valence-corrected chi connectivity index (χ3v) is 2.54. The average Bonchev–Trinajstić information content (AvgIpc) is 2.26. The van der Waals surface area contributed by atoms with E-state index in [1.165, 1.54) is 0 Å². The van der Waals surface area contributed by atoms with Gasteiger partial charge in [-0.15, -0.1) is 0 Å². The molecule has 0 radical (unpaired) electrons. The Kier molecular flexibility index (Phi) is 3.23. The summed E-state index contributed by atoms with van der Waals surface area (Å²) in [6, 6.07) is 9.46. The zero-order valence-corrected chi connectivity index (χ0v) is 8.81. The van der Waals surface area contributed by atoms with Crippen molar-refractivity contribution in [2.75, 3.05) is 0 Å². The summed E-state index contributed by atoms with van der Waals surface area (Å²) in [5.74, 6) is 5.04. The van der Waals surface area contributed by atoms with Crippen LogP contribution in [0, 0.1) is 11.8 Å². The third-order valence-electron chi connectivity index (χ3n) is 2.54. The minimum atomic E-state index is -0.277. The highest BCUT2D eigenvalue weighted by Crippen LogP contribution is 2.18. The van der Waals surface area contributed by atoms with E-state index in [-0.39, 0.29) is 18.1 Å². The van der Waals surface area contributed by atoms with Crippen LogP contribution in [-0.4, -0.2) is 23.2 Å². The van der Waals surface area contributed by atoms with E-state index in [1.807, 2.05) is 30.3 Å². The van der Waals surface area contributed by atoms with Crippen molar-refractivity contribution in [3.05, 3.63) is 35.9 Å². The molecular weight excluding hydrogens is 202 g/mol. The summed E-state index contributed by atoms with van der Waals surface area (Å²) in [5, 5.41) is 11.8. The maximum Gasteiger partial charge on any atom is 0.296 e. The lowest BCUT2D eigenvalue weighted by atomic mass is 9.89. The minimum absolute atomic E-state index is 0.0903. The Morgan fingerprint density at radius 2 is 2.00 bits per heavy atom. The van der Waals surface area contributed by atoms with Crippen LogP contribution in [0.25, 0.3) is 0 Å². The van der Waals surface area contributed by atoms with Crippen LogP contribution in [0.4, 0.5) is 0 Å². The minimum Gasteiger partial charge on any atom is -0.393 e. The quantitative estimate of drug-likeness (QED) is 0.677. The van der Waals surface area contributed by atoms with Crippen molar-refractivity contribution in [2.24, 2.45) is 0 Å². The van der Waals surface area contributed by atoms with E-state index in [2.05, 4.69) is 17.2 Å². The van der Waals surface area contributed by atoms with Crippen LogP contribution in [-0.2, 0) is 4.79 Å². The summed E-state index contributed by atoms with van der Waals surface area (Å²) in [6.07, 6.45) is 1.02. The molecule has 3 heteroatoms. The van der Waals surface area contributed by atoms with Gasteiger partial charge in [0.25, 0.3) is 5.91 Å². The molecule has 0 aromatic heterocycles. The van der Waals surface area contributed by atoms with E-state index in [0.717, 1.165) is 5.56 Å². The molecule has 16 heavy (non-hydrogen) atoms. The first kappa shape index (κ1) is 10.7. The Labute approximate surface area is 94.5 Å². The number of aliphatic hydroxyl groups excluding tert-OH is 1. The topological polar surface area (TPSA) is 49.3 Å². The smallest absolute Gasteiger partial charge is 0.296 e. The van der Waals surface area contributed by atoms with Gasteiger partial charge in [-0.3, -0.25) is 4.79 Å². The van der Waals surface area contributed by atoms with Crippen molar-refractivity contribution < 1.29 is 9.90 Å². The Hall–Kier alpha value is -1.79. The molecule has 0 unspecified atom stereocenters. The molecule has 0 saturated heterocycles. The van der Waals surface area contributed by atoms with Gasteiger partial charge in [0.15, 0.2) is 0 Å². The SMILES string of the molecule is O=C(C#Cc1ccccc1)NC1CC(O)C1. The van der Waals surface area contributed by atoms with Gasteiger partial charge in [-0.25, -0.2) is 0 Å². The van der Waals surface area contributed by atoms with Gasteiger partial charge in [0.1, 0.15) is 0 Å². The molecule has 0 heterocycles. The fourth-order valence-corrected chi connectivity index (χ4v) is 1.58. The molecule has 1 aliphatic carbocycles. The van der Waals surface area contributed by atoms with Crippen LogP contribution in [0.3, 0.4) is 0 Å². The lowest BCUT2D eigenvalue weighted by Gasteiger charge is -2.31. The summed E-state index contributed by atoms with van der Waals surface area (Å²) in [7, 11) is 0. The number of nitrogens with one attached hydrogen (secondary N) is 1. The van der Waals surface area contributed by atoms with Gasteiger partial charge in [0.05, 0.1) is 6.10 Å². The lowest BCUT2D eigenvalue weighted by Crippen LogP contribution is -2.46. The molecule has 2 N–H and O–H groups in total. The molecule has 1 saturated carbocycles. The predicted octanol–water partition coefficient (Wildman–Crippen LogP) is 0.678. The van der Waals surface area contributed by atoms with Crippen molar-refractivity contribution in [1.29, 1.82) is 0 Å². The summed E-state index contributed by atoms with van der Waals surface area (Å²) >= 11 is 0. The molecule has 0 spiro atoms. The molecular formula is C13H13NO2. The number of aliphatic hydroxyl groups is 1. The van der Waals surface area contributed by atoms with Crippen molar-refractivity contribution >= 4 is 5.91 Å². The van der Waals surface area contributed by atoms with Gasteiger partial charge in [-0.1, -0.05) is 24.1 Å². The number of carbonyl (C=O) groups is 1. The van der Waals surface area contributed by atoms with Crippen molar-refractivity contribution in [3.63, 3.8) is 0 Å². The van der Waals surface area contributed by atoms with E-state index in [9.17, 15) is 4.79 Å². The Morgan fingerprint density at radius 1 is 1.31 bits per heavy atom. The van der Waals surface area contributed by atoms with Gasteiger partial charge in [-0.2, -0.15) is 0 Å². The summed E-state index contributed by atoms with van der Waals surface area (Å²) in [6.45, 7) is 0. The maximum atomic E-state index is 11.4. The first-order valence-electron chi connectivity index (χ1n) is 5.29. The molecule has 1 aromatic rings. The number of amides is 1. The molecule has 1 aliphatic rings. The van der Waals surface area contributed by atoms with Crippen molar-refractivity contribution in [1.82, 2.24) is 5.32 Å².